The molecule has 136 valence electrons. The van der Waals surface area contributed by atoms with E-state index in [0.29, 0.717) is 24.8 Å². The van der Waals surface area contributed by atoms with Crippen molar-refractivity contribution in [3.63, 3.8) is 0 Å². The van der Waals surface area contributed by atoms with Crippen LogP contribution in [0.25, 0.3) is 0 Å². The molecule has 0 saturated carbocycles. The Morgan fingerprint density at radius 3 is 2.42 bits per heavy atom. The highest BCUT2D eigenvalue weighted by molar-refractivity contribution is 5.76. The first kappa shape index (κ1) is 19.0. The van der Waals surface area contributed by atoms with Crippen LogP contribution in [0, 0.1) is 12.3 Å². The van der Waals surface area contributed by atoms with Crippen LogP contribution in [0.5, 0.6) is 0 Å². The van der Waals surface area contributed by atoms with Crippen LogP contribution in [0.4, 0.5) is 0 Å². The summed E-state index contributed by atoms with van der Waals surface area (Å²) in [6.07, 6.45) is 2.43. The minimum absolute atomic E-state index is 0.0338. The zero-order valence-electron chi connectivity index (χ0n) is 15.7. The highest BCUT2D eigenvalue weighted by Crippen LogP contribution is 2.24. The second-order valence-electron chi connectivity index (χ2n) is 8.46. The van der Waals surface area contributed by atoms with Crippen molar-refractivity contribution in [3.05, 3.63) is 23.7 Å². The van der Waals surface area contributed by atoms with Crippen LogP contribution < -0.4 is 5.32 Å². The number of piperidine rings is 1. The van der Waals surface area contributed by atoms with Crippen molar-refractivity contribution < 1.29 is 14.3 Å². The molecule has 1 fully saturated rings. The number of furan rings is 1. The molecule has 1 aliphatic rings. The summed E-state index contributed by atoms with van der Waals surface area (Å²) in [6, 6.07) is 4.01. The van der Waals surface area contributed by atoms with Crippen molar-refractivity contribution in [2.24, 2.45) is 5.41 Å². The molecular formula is C19H32N2O3. The summed E-state index contributed by atoms with van der Waals surface area (Å²) in [6.45, 7) is 11.9. The number of aliphatic hydroxyl groups is 1. The quantitative estimate of drug-likeness (QED) is 0.868. The molecule has 0 spiro atoms. The Kier molecular flexibility index (Phi) is 5.76. The topological polar surface area (TPSA) is 65.7 Å². The Hall–Kier alpha value is -1.33. The molecule has 0 bridgehead atoms. The number of aryl methyl sites for hydroxylation is 1. The number of nitrogens with one attached hydrogen (secondary N) is 1. The summed E-state index contributed by atoms with van der Waals surface area (Å²) in [5.41, 5.74) is -0.987. The average Bonchev–Trinajstić information content (AvgIpc) is 2.91. The van der Waals surface area contributed by atoms with Gasteiger partial charge in [-0.05, 0) is 44.2 Å². The predicted molar refractivity (Wildman–Crippen MR) is 94.7 cm³/mol. The van der Waals surface area contributed by atoms with Crippen LogP contribution >= 0.6 is 0 Å². The van der Waals surface area contributed by atoms with Gasteiger partial charge in [0.1, 0.15) is 17.1 Å². The number of carbonyl (C=O) groups is 1. The van der Waals surface area contributed by atoms with Crippen LogP contribution in [0.1, 0.15) is 58.5 Å². The number of amides is 1. The first-order valence-electron chi connectivity index (χ1n) is 8.87. The normalized spacial score (nSPS) is 19.3. The molecule has 0 aliphatic carbocycles. The predicted octanol–water partition coefficient (Wildman–Crippen LogP) is 2.81. The molecule has 1 atom stereocenters. The van der Waals surface area contributed by atoms with E-state index >= 15 is 0 Å². The van der Waals surface area contributed by atoms with Crippen LogP contribution in [0.3, 0.4) is 0 Å². The molecule has 1 aromatic heterocycles. The molecular weight excluding hydrogens is 304 g/mol. The van der Waals surface area contributed by atoms with Gasteiger partial charge >= 0.3 is 0 Å². The van der Waals surface area contributed by atoms with Crippen LogP contribution in [0.15, 0.2) is 16.5 Å². The van der Waals surface area contributed by atoms with Crippen molar-refractivity contribution >= 4 is 5.91 Å². The number of hydrogen-bond acceptors (Lipinski definition) is 4. The van der Waals surface area contributed by atoms with Gasteiger partial charge in [-0.3, -0.25) is 4.79 Å². The number of nitrogens with zero attached hydrogens (tertiary/aromatic N) is 1. The molecule has 2 heterocycles. The lowest BCUT2D eigenvalue weighted by Crippen LogP contribution is -2.48. The number of likely N-dealkylation sites (tertiary alicyclic amines) is 1. The molecule has 1 aromatic rings. The molecule has 0 unspecified atom stereocenters. The lowest BCUT2D eigenvalue weighted by molar-refractivity contribution is -0.134. The van der Waals surface area contributed by atoms with Crippen molar-refractivity contribution in [1.82, 2.24) is 10.2 Å². The zero-order valence-corrected chi connectivity index (χ0v) is 15.7. The second-order valence-corrected chi connectivity index (χ2v) is 8.46. The summed E-state index contributed by atoms with van der Waals surface area (Å²) in [7, 11) is 0. The smallest absolute Gasteiger partial charge is 0.223 e. The molecule has 1 saturated heterocycles. The van der Waals surface area contributed by atoms with Gasteiger partial charge in [0, 0.05) is 32.1 Å². The van der Waals surface area contributed by atoms with Crippen molar-refractivity contribution in [1.29, 1.82) is 0 Å². The summed E-state index contributed by atoms with van der Waals surface area (Å²) in [5, 5.41) is 14.0. The summed E-state index contributed by atoms with van der Waals surface area (Å²) < 4.78 is 5.54. The summed E-state index contributed by atoms with van der Waals surface area (Å²) in [5.74, 6) is 1.64. The van der Waals surface area contributed by atoms with Gasteiger partial charge in [-0.25, -0.2) is 0 Å². The third kappa shape index (κ3) is 5.35. The largest absolute Gasteiger partial charge is 0.463 e. The van der Waals surface area contributed by atoms with Gasteiger partial charge in [0.2, 0.25) is 5.91 Å². The van der Waals surface area contributed by atoms with Crippen molar-refractivity contribution in [3.8, 4) is 0 Å². The van der Waals surface area contributed by atoms with E-state index in [-0.39, 0.29) is 11.3 Å². The van der Waals surface area contributed by atoms with Gasteiger partial charge in [0.05, 0.1) is 0 Å². The fourth-order valence-corrected chi connectivity index (χ4v) is 3.05. The summed E-state index contributed by atoms with van der Waals surface area (Å²) in [4.78, 5) is 14.2. The second kappa shape index (κ2) is 7.28. The molecule has 2 N–H and O–H groups in total. The van der Waals surface area contributed by atoms with E-state index in [2.05, 4.69) is 26.1 Å². The molecule has 2 rings (SSSR count). The van der Waals surface area contributed by atoms with E-state index in [1.807, 2.05) is 24.0 Å². The molecule has 5 nitrogen and oxygen atoms in total. The SMILES string of the molecule is Cc1ccc([C@@](C)(O)CNC2CCN(C(=O)CC(C)(C)C)CC2)o1. The molecule has 0 aromatic carbocycles. The first-order chi connectivity index (χ1) is 11.1. The fourth-order valence-electron chi connectivity index (χ4n) is 3.05. The van der Waals surface area contributed by atoms with Gasteiger partial charge in [0.25, 0.3) is 0 Å². The third-order valence-electron chi connectivity index (χ3n) is 4.54. The standard InChI is InChI=1S/C19H32N2O3/c1-14-6-7-16(24-14)19(5,23)13-20-15-8-10-21(11-9-15)17(22)12-18(2,3)4/h6-7,15,20,23H,8-13H2,1-5H3/t19-/m0/s1. The Balaban J connectivity index is 1.78. The number of carbonyl (C=O) groups excluding carboxylic acids is 1. The highest BCUT2D eigenvalue weighted by Gasteiger charge is 2.30. The van der Waals surface area contributed by atoms with Gasteiger partial charge in [-0.1, -0.05) is 20.8 Å². The third-order valence-corrected chi connectivity index (χ3v) is 4.54. The Labute approximate surface area is 145 Å². The average molecular weight is 336 g/mol. The van der Waals surface area contributed by atoms with E-state index in [4.69, 9.17) is 4.42 Å². The first-order valence-corrected chi connectivity index (χ1v) is 8.87. The lowest BCUT2D eigenvalue weighted by Gasteiger charge is -2.35. The maximum Gasteiger partial charge on any atom is 0.223 e. The molecule has 1 aliphatic heterocycles. The van der Waals surface area contributed by atoms with Gasteiger partial charge in [-0.15, -0.1) is 0 Å². The minimum Gasteiger partial charge on any atom is -0.463 e. The Bertz CT molecular complexity index is 549. The number of hydrogen-bond donors (Lipinski definition) is 2. The Morgan fingerprint density at radius 2 is 1.92 bits per heavy atom. The molecule has 5 heteroatoms. The zero-order chi connectivity index (χ0) is 18.0. The van der Waals surface area contributed by atoms with E-state index in [1.165, 1.54) is 0 Å². The summed E-state index contributed by atoms with van der Waals surface area (Å²) >= 11 is 0. The maximum absolute atomic E-state index is 12.3. The van der Waals surface area contributed by atoms with Gasteiger partial charge < -0.3 is 19.7 Å². The van der Waals surface area contributed by atoms with Crippen molar-refractivity contribution in [2.45, 2.75) is 65.5 Å². The number of rotatable bonds is 5. The highest BCUT2D eigenvalue weighted by atomic mass is 16.4. The van der Waals surface area contributed by atoms with E-state index < -0.39 is 5.60 Å². The maximum atomic E-state index is 12.3. The molecule has 0 radical (unpaired) electrons. The molecule has 1 amide bonds. The van der Waals surface area contributed by atoms with Crippen molar-refractivity contribution in [2.75, 3.05) is 19.6 Å². The van der Waals surface area contributed by atoms with E-state index in [0.717, 1.165) is 31.7 Å². The van der Waals surface area contributed by atoms with Gasteiger partial charge in [0.15, 0.2) is 0 Å². The van der Waals surface area contributed by atoms with Crippen LogP contribution in [-0.2, 0) is 10.4 Å². The lowest BCUT2D eigenvalue weighted by atomic mass is 9.91. The van der Waals surface area contributed by atoms with E-state index in [1.54, 1.807) is 6.92 Å². The monoisotopic (exact) mass is 336 g/mol. The Morgan fingerprint density at radius 1 is 1.29 bits per heavy atom. The fraction of sp³-hybridized carbons (Fsp3) is 0.737. The van der Waals surface area contributed by atoms with Crippen LogP contribution in [0.2, 0.25) is 0 Å². The van der Waals surface area contributed by atoms with E-state index in [9.17, 15) is 9.90 Å². The van der Waals surface area contributed by atoms with Crippen LogP contribution in [-0.4, -0.2) is 41.6 Å². The molecule has 24 heavy (non-hydrogen) atoms. The van der Waals surface area contributed by atoms with Gasteiger partial charge in [-0.2, -0.15) is 0 Å². The minimum atomic E-state index is -1.02.